The van der Waals surface area contributed by atoms with Crippen molar-refractivity contribution in [2.75, 3.05) is 6.54 Å². The molecule has 0 saturated carbocycles. The normalized spacial score (nSPS) is 13.2. The number of rotatable bonds is 5. The first-order valence-corrected chi connectivity index (χ1v) is 6.77. The van der Waals surface area contributed by atoms with Crippen molar-refractivity contribution in [3.63, 3.8) is 0 Å². The molecule has 0 radical (unpaired) electrons. The Morgan fingerprint density at radius 2 is 1.76 bits per heavy atom. The average molecular weight is 314 g/mol. The fourth-order valence-corrected chi connectivity index (χ4v) is 2.14. The first-order valence-electron chi connectivity index (χ1n) is 5.20. The summed E-state index contributed by atoms with van der Waals surface area (Å²) >= 11 is 23.7. The predicted molar refractivity (Wildman–Crippen MR) is 75.4 cm³/mol. The van der Waals surface area contributed by atoms with Crippen molar-refractivity contribution < 1.29 is 0 Å². The Morgan fingerprint density at radius 3 is 2.29 bits per heavy atom. The van der Waals surface area contributed by atoms with E-state index in [4.69, 9.17) is 46.4 Å². The molecule has 1 aromatic rings. The van der Waals surface area contributed by atoms with Crippen LogP contribution in [-0.2, 0) is 0 Å². The van der Waals surface area contributed by atoms with Crippen LogP contribution in [0.2, 0.25) is 15.1 Å². The van der Waals surface area contributed by atoms with Gasteiger partial charge in [-0.1, -0.05) is 41.7 Å². The summed E-state index contributed by atoms with van der Waals surface area (Å²) in [6, 6.07) is 3.17. The molecule has 0 N–H and O–H groups in total. The molecular formula is C11H12Cl4N2. The van der Waals surface area contributed by atoms with Crippen LogP contribution in [-0.4, -0.2) is 11.9 Å². The topological polar surface area (TPSA) is 24.7 Å². The zero-order valence-electron chi connectivity index (χ0n) is 9.26. The second kappa shape index (κ2) is 7.42. The predicted octanol–water partition coefficient (Wildman–Crippen LogP) is 6.14. The second-order valence-corrected chi connectivity index (χ2v) is 5.35. The van der Waals surface area contributed by atoms with Crippen LogP contribution < -0.4 is 0 Å². The van der Waals surface area contributed by atoms with Crippen molar-refractivity contribution >= 4 is 52.1 Å². The molecule has 0 fully saturated rings. The van der Waals surface area contributed by atoms with Gasteiger partial charge in [-0.05, 0) is 25.0 Å². The summed E-state index contributed by atoms with van der Waals surface area (Å²) in [4.78, 5) is 0. The minimum Gasteiger partial charge on any atom is -0.189 e. The molecule has 0 aliphatic rings. The molecule has 0 saturated heterocycles. The highest BCUT2D eigenvalue weighted by molar-refractivity contribution is 6.41. The third-order valence-electron chi connectivity index (χ3n) is 2.14. The van der Waals surface area contributed by atoms with Crippen LogP contribution in [0.5, 0.6) is 0 Å². The highest BCUT2D eigenvalue weighted by Crippen LogP contribution is 2.36. The average Bonchev–Trinajstić information content (AvgIpc) is 2.26. The Balaban J connectivity index is 2.65. The summed E-state index contributed by atoms with van der Waals surface area (Å²) in [6.45, 7) is 2.58. The summed E-state index contributed by atoms with van der Waals surface area (Å²) < 4.78 is 0. The SMILES string of the molecule is CCC(Cl)CCN=Nc1c(Cl)cc(Cl)cc1Cl. The quantitative estimate of drug-likeness (QED) is 0.461. The van der Waals surface area contributed by atoms with Crippen LogP contribution in [0.4, 0.5) is 5.69 Å². The standard InChI is InChI=1S/C11H12Cl4N2/c1-2-7(12)3-4-16-17-11-9(14)5-8(13)6-10(11)15/h5-7H,2-4H2,1H3. The highest BCUT2D eigenvalue weighted by atomic mass is 35.5. The zero-order chi connectivity index (χ0) is 12.8. The lowest BCUT2D eigenvalue weighted by Crippen LogP contribution is -1.97. The van der Waals surface area contributed by atoms with E-state index in [1.165, 1.54) is 0 Å². The Hall–Kier alpha value is -0.0200. The van der Waals surface area contributed by atoms with Crippen LogP contribution in [0.1, 0.15) is 19.8 Å². The Labute approximate surface area is 121 Å². The molecule has 2 nitrogen and oxygen atoms in total. The van der Waals surface area contributed by atoms with E-state index in [2.05, 4.69) is 10.2 Å². The molecule has 1 atom stereocenters. The zero-order valence-corrected chi connectivity index (χ0v) is 12.3. The van der Waals surface area contributed by atoms with E-state index in [9.17, 15) is 0 Å². The first-order chi connectivity index (χ1) is 8.04. The third-order valence-corrected chi connectivity index (χ3v) is 3.46. The molecule has 0 heterocycles. The fraction of sp³-hybridized carbons (Fsp3) is 0.455. The van der Waals surface area contributed by atoms with Gasteiger partial charge in [0.1, 0.15) is 5.69 Å². The van der Waals surface area contributed by atoms with E-state index in [1.807, 2.05) is 6.92 Å². The van der Waals surface area contributed by atoms with E-state index < -0.39 is 0 Å². The summed E-state index contributed by atoms with van der Waals surface area (Å²) in [5, 5.41) is 9.40. The number of benzene rings is 1. The molecule has 0 amide bonds. The highest BCUT2D eigenvalue weighted by Gasteiger charge is 2.07. The van der Waals surface area contributed by atoms with Crippen LogP contribution in [0.25, 0.3) is 0 Å². The molecule has 1 aromatic carbocycles. The number of halogens is 4. The molecule has 94 valence electrons. The van der Waals surface area contributed by atoms with Gasteiger partial charge < -0.3 is 0 Å². The molecule has 17 heavy (non-hydrogen) atoms. The number of hydrogen-bond donors (Lipinski definition) is 0. The second-order valence-electron chi connectivity index (χ2n) is 3.48. The number of alkyl halides is 1. The molecule has 0 aromatic heterocycles. The van der Waals surface area contributed by atoms with Crippen molar-refractivity contribution in [3.8, 4) is 0 Å². The molecule has 0 aliphatic carbocycles. The van der Waals surface area contributed by atoms with Gasteiger partial charge >= 0.3 is 0 Å². The van der Waals surface area contributed by atoms with E-state index in [0.29, 0.717) is 27.3 Å². The number of azo groups is 1. The maximum Gasteiger partial charge on any atom is 0.122 e. The lowest BCUT2D eigenvalue weighted by atomic mass is 10.2. The number of hydrogen-bond acceptors (Lipinski definition) is 2. The monoisotopic (exact) mass is 312 g/mol. The van der Waals surface area contributed by atoms with Crippen LogP contribution in [0.15, 0.2) is 22.4 Å². The Kier molecular flexibility index (Phi) is 6.57. The van der Waals surface area contributed by atoms with Crippen LogP contribution in [0.3, 0.4) is 0 Å². The fourth-order valence-electron chi connectivity index (χ4n) is 1.15. The minimum atomic E-state index is 0.130. The van der Waals surface area contributed by atoms with Gasteiger partial charge in [-0.3, -0.25) is 0 Å². The van der Waals surface area contributed by atoms with Gasteiger partial charge in [0, 0.05) is 10.4 Å². The van der Waals surface area contributed by atoms with Gasteiger partial charge in [0.05, 0.1) is 16.6 Å². The van der Waals surface area contributed by atoms with Crippen molar-refractivity contribution in [3.05, 3.63) is 27.2 Å². The van der Waals surface area contributed by atoms with E-state index in [1.54, 1.807) is 12.1 Å². The van der Waals surface area contributed by atoms with E-state index in [-0.39, 0.29) is 5.38 Å². The van der Waals surface area contributed by atoms with Crippen LogP contribution in [0, 0.1) is 0 Å². The van der Waals surface area contributed by atoms with Crippen molar-refractivity contribution in [1.29, 1.82) is 0 Å². The van der Waals surface area contributed by atoms with E-state index >= 15 is 0 Å². The summed E-state index contributed by atoms with van der Waals surface area (Å²) in [6.07, 6.45) is 1.70. The van der Waals surface area contributed by atoms with Gasteiger partial charge in [-0.2, -0.15) is 10.2 Å². The van der Waals surface area contributed by atoms with Gasteiger partial charge in [0.2, 0.25) is 0 Å². The smallest absolute Gasteiger partial charge is 0.122 e. The minimum absolute atomic E-state index is 0.130. The Bertz CT molecular complexity index is 383. The maximum absolute atomic E-state index is 5.96. The molecule has 1 rings (SSSR count). The maximum atomic E-state index is 5.96. The number of nitrogens with zero attached hydrogens (tertiary/aromatic N) is 2. The lowest BCUT2D eigenvalue weighted by molar-refractivity contribution is 0.722. The van der Waals surface area contributed by atoms with Gasteiger partial charge in [0.25, 0.3) is 0 Å². The summed E-state index contributed by atoms with van der Waals surface area (Å²) in [5.41, 5.74) is 0.445. The van der Waals surface area contributed by atoms with Gasteiger partial charge in [0.15, 0.2) is 0 Å². The molecule has 6 heteroatoms. The molecule has 0 spiro atoms. The molecular weight excluding hydrogens is 302 g/mol. The molecule has 1 unspecified atom stereocenters. The third kappa shape index (κ3) is 5.01. The lowest BCUT2D eigenvalue weighted by Gasteiger charge is -2.03. The largest absolute Gasteiger partial charge is 0.189 e. The first kappa shape index (κ1) is 15.0. The van der Waals surface area contributed by atoms with E-state index in [0.717, 1.165) is 12.8 Å². The van der Waals surface area contributed by atoms with Gasteiger partial charge in [-0.15, -0.1) is 11.6 Å². The van der Waals surface area contributed by atoms with Crippen molar-refractivity contribution in [2.24, 2.45) is 10.2 Å². The van der Waals surface area contributed by atoms with Gasteiger partial charge in [-0.25, -0.2) is 0 Å². The molecule has 0 aliphatic heterocycles. The Morgan fingerprint density at radius 1 is 1.18 bits per heavy atom. The van der Waals surface area contributed by atoms with Crippen molar-refractivity contribution in [1.82, 2.24) is 0 Å². The van der Waals surface area contributed by atoms with Crippen molar-refractivity contribution in [2.45, 2.75) is 25.1 Å². The van der Waals surface area contributed by atoms with Crippen LogP contribution >= 0.6 is 46.4 Å². The molecule has 0 bridgehead atoms. The summed E-state index contributed by atoms with van der Waals surface area (Å²) in [5.74, 6) is 0. The summed E-state index contributed by atoms with van der Waals surface area (Å²) in [7, 11) is 0.